The van der Waals surface area contributed by atoms with E-state index in [0.29, 0.717) is 17.9 Å². The molecule has 0 bridgehead atoms. The number of carbonyl (C=O) groups excluding carboxylic acids is 1. The van der Waals surface area contributed by atoms with Crippen LogP contribution in [0.4, 0.5) is 0 Å². The molecular formula is C20H23NO5S. The molecule has 0 aromatic heterocycles. The van der Waals surface area contributed by atoms with Crippen LogP contribution in [0.5, 0.6) is 17.2 Å². The summed E-state index contributed by atoms with van der Waals surface area (Å²) in [6.07, 6.45) is 0.482. The fraction of sp³-hybridized carbons (Fsp3) is 0.350. The second-order valence-corrected chi connectivity index (χ2v) is 8.97. The molecule has 144 valence electrons. The van der Waals surface area contributed by atoms with Crippen molar-refractivity contribution in [3.05, 3.63) is 54.1 Å². The van der Waals surface area contributed by atoms with Gasteiger partial charge in [0.25, 0.3) is 5.91 Å². The maximum Gasteiger partial charge on any atom is 0.260 e. The highest BCUT2D eigenvalue weighted by Crippen LogP contribution is 2.24. The highest BCUT2D eigenvalue weighted by atomic mass is 32.2. The van der Waals surface area contributed by atoms with E-state index >= 15 is 0 Å². The van der Waals surface area contributed by atoms with E-state index in [1.54, 1.807) is 31.3 Å². The minimum absolute atomic E-state index is 0.0281. The number of hydrogen-bond acceptors (Lipinski definition) is 5. The van der Waals surface area contributed by atoms with E-state index in [9.17, 15) is 13.2 Å². The molecule has 1 saturated heterocycles. The average molecular weight is 389 g/mol. The quantitative estimate of drug-likeness (QED) is 0.760. The Labute approximate surface area is 159 Å². The molecule has 0 spiro atoms. The number of sulfone groups is 1. The lowest BCUT2D eigenvalue weighted by Gasteiger charge is -2.23. The average Bonchev–Trinajstić information content (AvgIpc) is 3.02. The molecule has 0 radical (unpaired) electrons. The Morgan fingerprint density at radius 3 is 2.15 bits per heavy atom. The Kier molecular flexibility index (Phi) is 5.70. The SMILES string of the molecule is Cc1ccc(Oc2ccc(OCC(=O)N(C)C3CCS(=O)(=O)C3)cc2)cc1. The number of amides is 1. The third-order valence-electron chi connectivity index (χ3n) is 4.59. The molecule has 6 nitrogen and oxygen atoms in total. The topological polar surface area (TPSA) is 72.9 Å². The van der Waals surface area contributed by atoms with Crippen molar-refractivity contribution in [3.63, 3.8) is 0 Å². The van der Waals surface area contributed by atoms with Crippen LogP contribution < -0.4 is 9.47 Å². The molecule has 1 fully saturated rings. The van der Waals surface area contributed by atoms with E-state index in [-0.39, 0.29) is 30.1 Å². The fourth-order valence-electron chi connectivity index (χ4n) is 2.88. The van der Waals surface area contributed by atoms with Gasteiger partial charge in [0.1, 0.15) is 17.2 Å². The van der Waals surface area contributed by atoms with Crippen molar-refractivity contribution in [3.8, 4) is 17.2 Å². The molecule has 1 aliphatic rings. The zero-order valence-corrected chi connectivity index (χ0v) is 16.2. The highest BCUT2D eigenvalue weighted by Gasteiger charge is 2.32. The molecule has 2 aromatic carbocycles. The van der Waals surface area contributed by atoms with Crippen molar-refractivity contribution in [1.29, 1.82) is 0 Å². The maximum absolute atomic E-state index is 12.2. The smallest absolute Gasteiger partial charge is 0.260 e. The minimum Gasteiger partial charge on any atom is -0.484 e. The number of aryl methyl sites for hydroxylation is 1. The Morgan fingerprint density at radius 1 is 1.04 bits per heavy atom. The van der Waals surface area contributed by atoms with Crippen LogP contribution in [0, 0.1) is 6.92 Å². The number of rotatable bonds is 6. The summed E-state index contributed by atoms with van der Waals surface area (Å²) in [5.74, 6) is 1.89. The van der Waals surface area contributed by atoms with E-state index < -0.39 is 9.84 Å². The number of likely N-dealkylation sites (N-methyl/N-ethyl adjacent to an activating group) is 1. The van der Waals surface area contributed by atoms with Gasteiger partial charge in [0, 0.05) is 13.1 Å². The van der Waals surface area contributed by atoms with E-state index in [2.05, 4.69) is 0 Å². The Morgan fingerprint density at radius 2 is 1.59 bits per heavy atom. The summed E-state index contributed by atoms with van der Waals surface area (Å²) in [6.45, 7) is 1.88. The Bertz CT molecular complexity index is 891. The van der Waals surface area contributed by atoms with Crippen LogP contribution in [0.25, 0.3) is 0 Å². The Hall–Kier alpha value is -2.54. The molecule has 27 heavy (non-hydrogen) atoms. The van der Waals surface area contributed by atoms with Crippen molar-refractivity contribution >= 4 is 15.7 Å². The van der Waals surface area contributed by atoms with Gasteiger partial charge in [-0.2, -0.15) is 0 Å². The molecule has 1 unspecified atom stereocenters. The van der Waals surface area contributed by atoms with Crippen LogP contribution in [0.3, 0.4) is 0 Å². The highest BCUT2D eigenvalue weighted by molar-refractivity contribution is 7.91. The van der Waals surface area contributed by atoms with Crippen molar-refractivity contribution in [2.45, 2.75) is 19.4 Å². The molecule has 0 saturated carbocycles. The van der Waals surface area contributed by atoms with Gasteiger partial charge in [-0.3, -0.25) is 4.79 Å². The van der Waals surface area contributed by atoms with Crippen molar-refractivity contribution in [2.24, 2.45) is 0 Å². The van der Waals surface area contributed by atoms with Crippen LogP contribution in [-0.4, -0.2) is 50.4 Å². The maximum atomic E-state index is 12.2. The largest absolute Gasteiger partial charge is 0.484 e. The van der Waals surface area contributed by atoms with Gasteiger partial charge in [0.05, 0.1) is 11.5 Å². The van der Waals surface area contributed by atoms with Gasteiger partial charge in [-0.05, 0) is 49.7 Å². The lowest BCUT2D eigenvalue weighted by Crippen LogP contribution is -2.40. The zero-order chi connectivity index (χ0) is 19.4. The molecular weight excluding hydrogens is 366 g/mol. The van der Waals surface area contributed by atoms with Crippen LogP contribution in [-0.2, 0) is 14.6 Å². The molecule has 0 N–H and O–H groups in total. The lowest BCUT2D eigenvalue weighted by atomic mass is 10.2. The molecule has 1 heterocycles. The van der Waals surface area contributed by atoms with Gasteiger partial charge in [-0.25, -0.2) is 8.42 Å². The zero-order valence-electron chi connectivity index (χ0n) is 15.4. The standard InChI is InChI=1S/C20H23NO5S/c1-15-3-5-18(6-4-15)26-19-9-7-17(8-10-19)25-13-20(22)21(2)16-11-12-27(23,24)14-16/h3-10,16H,11-14H2,1-2H3. The normalized spacial score (nSPS) is 18.1. The van der Waals surface area contributed by atoms with Crippen molar-refractivity contribution in [2.75, 3.05) is 25.2 Å². The van der Waals surface area contributed by atoms with E-state index in [0.717, 1.165) is 11.3 Å². The van der Waals surface area contributed by atoms with E-state index in [1.807, 2.05) is 31.2 Å². The molecule has 1 atom stereocenters. The summed E-state index contributed by atoms with van der Waals surface area (Å²) in [5.41, 5.74) is 1.16. The first-order chi connectivity index (χ1) is 12.8. The van der Waals surface area contributed by atoms with Crippen LogP contribution in [0.15, 0.2) is 48.5 Å². The third-order valence-corrected chi connectivity index (χ3v) is 6.34. The van der Waals surface area contributed by atoms with Crippen LogP contribution in [0.2, 0.25) is 0 Å². The first-order valence-corrected chi connectivity index (χ1v) is 10.6. The summed E-state index contributed by atoms with van der Waals surface area (Å²) in [5, 5.41) is 0. The number of nitrogens with zero attached hydrogens (tertiary/aromatic N) is 1. The molecule has 0 aliphatic carbocycles. The molecule has 7 heteroatoms. The first-order valence-electron chi connectivity index (χ1n) is 8.76. The van der Waals surface area contributed by atoms with Crippen LogP contribution >= 0.6 is 0 Å². The summed E-state index contributed by atoms with van der Waals surface area (Å²) < 4.78 is 34.4. The van der Waals surface area contributed by atoms with E-state index in [4.69, 9.17) is 9.47 Å². The van der Waals surface area contributed by atoms with Crippen molar-refractivity contribution in [1.82, 2.24) is 4.90 Å². The first kappa shape index (κ1) is 19.2. The summed E-state index contributed by atoms with van der Waals surface area (Å²) in [4.78, 5) is 13.7. The minimum atomic E-state index is -3.02. The summed E-state index contributed by atoms with van der Waals surface area (Å²) >= 11 is 0. The number of benzene rings is 2. The third kappa shape index (κ3) is 5.23. The van der Waals surface area contributed by atoms with Crippen molar-refractivity contribution < 1.29 is 22.7 Å². The second-order valence-electron chi connectivity index (χ2n) is 6.74. The van der Waals surface area contributed by atoms with E-state index in [1.165, 1.54) is 4.90 Å². The molecule has 3 rings (SSSR count). The Balaban J connectivity index is 1.51. The number of ether oxygens (including phenoxy) is 2. The summed E-state index contributed by atoms with van der Waals surface area (Å²) in [6, 6.07) is 14.5. The molecule has 1 aliphatic heterocycles. The lowest BCUT2D eigenvalue weighted by molar-refractivity contribution is -0.133. The van der Waals surface area contributed by atoms with Gasteiger partial charge in [-0.1, -0.05) is 17.7 Å². The predicted octanol–water partition coefficient (Wildman–Crippen LogP) is 2.81. The molecule has 1 amide bonds. The van der Waals surface area contributed by atoms with Gasteiger partial charge in [0.2, 0.25) is 0 Å². The summed E-state index contributed by atoms with van der Waals surface area (Å²) in [7, 11) is -1.40. The predicted molar refractivity (Wildman–Crippen MR) is 103 cm³/mol. The van der Waals surface area contributed by atoms with Gasteiger partial charge in [-0.15, -0.1) is 0 Å². The second kappa shape index (κ2) is 8.00. The van der Waals surface area contributed by atoms with Crippen LogP contribution in [0.1, 0.15) is 12.0 Å². The molecule has 2 aromatic rings. The number of hydrogen-bond donors (Lipinski definition) is 0. The van der Waals surface area contributed by atoms with Gasteiger partial charge in [0.15, 0.2) is 16.4 Å². The fourth-order valence-corrected chi connectivity index (χ4v) is 4.65. The monoisotopic (exact) mass is 389 g/mol. The van der Waals surface area contributed by atoms with Gasteiger partial charge < -0.3 is 14.4 Å². The van der Waals surface area contributed by atoms with Gasteiger partial charge >= 0.3 is 0 Å². The number of carbonyl (C=O) groups is 1.